The van der Waals surface area contributed by atoms with Crippen LogP contribution in [-0.2, 0) is 9.47 Å². The van der Waals surface area contributed by atoms with Crippen molar-refractivity contribution in [2.75, 3.05) is 13.2 Å². The first-order valence-corrected chi connectivity index (χ1v) is 13.3. The number of carbonyl (C=O) groups excluding carboxylic acids is 1. The monoisotopic (exact) mass is 612 g/mol. The van der Waals surface area contributed by atoms with Crippen molar-refractivity contribution in [2.24, 2.45) is 0 Å². The molecule has 5 rings (SSSR count). The summed E-state index contributed by atoms with van der Waals surface area (Å²) in [5.74, 6) is -4.41. The maximum atomic E-state index is 13.6. The van der Waals surface area contributed by atoms with Crippen LogP contribution >= 0.6 is 0 Å². The number of rotatable bonds is 5. The zero-order valence-electron chi connectivity index (χ0n) is 22.2. The lowest BCUT2D eigenvalue weighted by Crippen LogP contribution is -2.55. The summed E-state index contributed by atoms with van der Waals surface area (Å²) in [5.41, 5.74) is -1.74. The fourth-order valence-corrected chi connectivity index (χ4v) is 5.72. The van der Waals surface area contributed by atoms with Gasteiger partial charge in [0.15, 0.2) is 17.3 Å². The summed E-state index contributed by atoms with van der Waals surface area (Å²) in [6.07, 6.45) is -20.0. The van der Waals surface area contributed by atoms with Gasteiger partial charge in [-0.1, -0.05) is 6.07 Å². The molecule has 2 fully saturated rings. The van der Waals surface area contributed by atoms with E-state index in [0.717, 1.165) is 12.1 Å². The Bertz CT molecular complexity index is 1380. The Kier molecular flexibility index (Phi) is 8.45. The van der Waals surface area contributed by atoms with Crippen molar-refractivity contribution in [3.05, 3.63) is 40.5 Å². The predicted molar refractivity (Wildman–Crippen MR) is 137 cm³/mol. The molecule has 0 aromatic heterocycles. The van der Waals surface area contributed by atoms with Crippen LogP contribution in [0.5, 0.6) is 28.7 Å². The van der Waals surface area contributed by atoms with E-state index in [1.807, 2.05) is 0 Å². The molecule has 3 heterocycles. The van der Waals surface area contributed by atoms with Crippen molar-refractivity contribution in [1.82, 2.24) is 0 Å². The van der Waals surface area contributed by atoms with E-state index in [1.165, 1.54) is 6.07 Å². The number of aliphatic hydroxyl groups excluding tert-OH is 8. The maximum Gasteiger partial charge on any atom is 0.174 e. The van der Waals surface area contributed by atoms with Crippen molar-refractivity contribution in [1.29, 1.82) is 0 Å². The van der Waals surface area contributed by atoms with Crippen molar-refractivity contribution < 1.29 is 80.3 Å². The molecule has 43 heavy (non-hydrogen) atoms. The van der Waals surface area contributed by atoms with Crippen molar-refractivity contribution >= 4 is 5.78 Å². The van der Waals surface area contributed by atoms with Gasteiger partial charge in [-0.3, -0.25) is 4.79 Å². The van der Waals surface area contributed by atoms with Crippen molar-refractivity contribution in [3.63, 3.8) is 0 Å². The molecular weight excluding hydrogens is 580 g/mol. The lowest BCUT2D eigenvalue weighted by molar-refractivity contribution is -0.234. The number of carbonyl (C=O) groups is 1. The van der Waals surface area contributed by atoms with Crippen molar-refractivity contribution in [3.8, 4) is 28.7 Å². The molecular formula is C27H32O16. The number of phenolic OH excluding ortho intramolecular Hbond substituents is 4. The topological polar surface area (TPSA) is 288 Å². The summed E-state index contributed by atoms with van der Waals surface area (Å²) in [4.78, 5) is 13.6. The number of Topliss-reactive ketones (excluding diaryl/α,β-unsaturated/α-hetero) is 1. The standard InChI is InChI=1S/C27H32O16/c28-5-12-17(33)21(37)23(39)26(42-12)15-19(35)14-10(32)4-11(7-1-2-8(30)9(31)3-7)41-25(14)16(20(15)36)27-24(40)22(38)18(34)13(6-29)43-27/h1-3,11-13,17-18,21-24,26-31,33-40H,4-6H2/t11?,12-,13-,17-,18-,21+,22+,23-,24-,26+,27+/m1/s1. The number of ketones is 1. The molecule has 2 aromatic carbocycles. The minimum absolute atomic E-state index is 0.172. The number of fused-ring (bicyclic) bond motifs is 1. The van der Waals surface area contributed by atoms with E-state index in [1.54, 1.807) is 0 Å². The first-order valence-electron chi connectivity index (χ1n) is 13.3. The summed E-state index contributed by atoms with van der Waals surface area (Å²) >= 11 is 0. The highest BCUT2D eigenvalue weighted by molar-refractivity contribution is 6.04. The van der Waals surface area contributed by atoms with Crippen LogP contribution in [0.4, 0.5) is 0 Å². The average molecular weight is 613 g/mol. The fraction of sp³-hybridized carbons (Fsp3) is 0.519. The second kappa shape index (κ2) is 11.7. The molecule has 12 N–H and O–H groups in total. The van der Waals surface area contributed by atoms with Gasteiger partial charge in [0.1, 0.15) is 90.0 Å². The number of aliphatic hydroxyl groups is 8. The molecule has 2 aromatic rings. The molecule has 1 unspecified atom stereocenters. The van der Waals surface area contributed by atoms with Crippen LogP contribution in [0.25, 0.3) is 0 Å². The highest BCUT2D eigenvalue weighted by Gasteiger charge is 2.51. The molecule has 2 saturated heterocycles. The molecule has 0 aliphatic carbocycles. The number of hydrogen-bond donors (Lipinski definition) is 12. The van der Waals surface area contributed by atoms with E-state index < -0.39 is 138 Å². The van der Waals surface area contributed by atoms with E-state index in [-0.39, 0.29) is 5.56 Å². The summed E-state index contributed by atoms with van der Waals surface area (Å²) < 4.78 is 17.1. The molecule has 236 valence electrons. The predicted octanol–water partition coefficient (Wildman–Crippen LogP) is -2.75. The third-order valence-electron chi connectivity index (χ3n) is 8.11. The molecule has 0 radical (unpaired) electrons. The number of ether oxygens (including phenoxy) is 3. The van der Waals surface area contributed by atoms with Crippen LogP contribution in [0.15, 0.2) is 18.2 Å². The third-order valence-corrected chi connectivity index (χ3v) is 8.11. The van der Waals surface area contributed by atoms with Crippen LogP contribution in [0.3, 0.4) is 0 Å². The molecule has 16 heteroatoms. The van der Waals surface area contributed by atoms with Crippen LogP contribution in [0.1, 0.15) is 51.8 Å². The zero-order chi connectivity index (χ0) is 31.5. The van der Waals surface area contributed by atoms with Gasteiger partial charge in [0.25, 0.3) is 0 Å². The first kappa shape index (κ1) is 31.1. The van der Waals surface area contributed by atoms with Crippen molar-refractivity contribution in [2.45, 2.75) is 73.6 Å². The minimum Gasteiger partial charge on any atom is -0.507 e. The number of hydrogen-bond acceptors (Lipinski definition) is 16. The molecule has 0 saturated carbocycles. The van der Waals surface area contributed by atoms with Gasteiger partial charge in [0.05, 0.1) is 30.8 Å². The third kappa shape index (κ3) is 5.04. The van der Waals surface area contributed by atoms with Gasteiger partial charge in [-0.15, -0.1) is 0 Å². The van der Waals surface area contributed by atoms with Gasteiger partial charge < -0.3 is 75.5 Å². The fourth-order valence-electron chi connectivity index (χ4n) is 5.72. The smallest absolute Gasteiger partial charge is 0.174 e. The molecule has 11 atom stereocenters. The Morgan fingerprint density at radius 3 is 1.72 bits per heavy atom. The van der Waals surface area contributed by atoms with Gasteiger partial charge in [0, 0.05) is 0 Å². The molecule has 0 bridgehead atoms. The summed E-state index contributed by atoms with van der Waals surface area (Å²) in [6.45, 7) is -1.73. The number of benzene rings is 2. The zero-order valence-corrected chi connectivity index (χ0v) is 22.2. The summed E-state index contributed by atoms with van der Waals surface area (Å²) in [6, 6.07) is 3.56. The first-order chi connectivity index (χ1) is 20.3. The average Bonchev–Trinajstić information content (AvgIpc) is 2.98. The van der Waals surface area contributed by atoms with Gasteiger partial charge in [-0.05, 0) is 17.7 Å². The molecule has 0 amide bonds. The van der Waals surface area contributed by atoms with Crippen LogP contribution in [-0.4, -0.2) is 129 Å². The highest BCUT2D eigenvalue weighted by Crippen LogP contribution is 2.55. The molecule has 16 nitrogen and oxygen atoms in total. The molecule has 0 spiro atoms. The van der Waals surface area contributed by atoms with E-state index in [0.29, 0.717) is 0 Å². The summed E-state index contributed by atoms with van der Waals surface area (Å²) in [5, 5.41) is 125. The van der Waals surface area contributed by atoms with E-state index in [9.17, 15) is 66.1 Å². The quantitative estimate of drug-likeness (QED) is 0.152. The highest BCUT2D eigenvalue weighted by atomic mass is 16.6. The van der Waals surface area contributed by atoms with Gasteiger partial charge >= 0.3 is 0 Å². The van der Waals surface area contributed by atoms with Crippen LogP contribution < -0.4 is 4.74 Å². The molecule has 3 aliphatic heterocycles. The van der Waals surface area contributed by atoms with Gasteiger partial charge in [-0.25, -0.2) is 0 Å². The maximum absolute atomic E-state index is 13.6. The Balaban J connectivity index is 1.73. The van der Waals surface area contributed by atoms with E-state index in [2.05, 4.69) is 0 Å². The number of phenols is 4. The Hall–Kier alpha value is -3.29. The minimum atomic E-state index is -2.04. The van der Waals surface area contributed by atoms with E-state index >= 15 is 0 Å². The lowest BCUT2D eigenvalue weighted by atomic mass is 9.82. The number of aromatic hydroxyl groups is 4. The lowest BCUT2D eigenvalue weighted by Gasteiger charge is -2.43. The van der Waals surface area contributed by atoms with Gasteiger partial charge in [-0.2, -0.15) is 0 Å². The van der Waals surface area contributed by atoms with Crippen LogP contribution in [0.2, 0.25) is 0 Å². The van der Waals surface area contributed by atoms with Gasteiger partial charge in [0.2, 0.25) is 0 Å². The SMILES string of the molecule is O=C1CC(c2ccc(O)c(O)c2)Oc2c1c(O)c([C@@H]1O[C@H](CO)[C@@H](O)[C@H](O)[C@H]1O)c(O)c2[C@@H]1O[C@H](CO)[C@@H](O)[C@H](O)[C@H]1O. The Labute approximate surface area is 242 Å². The summed E-state index contributed by atoms with van der Waals surface area (Å²) in [7, 11) is 0. The Morgan fingerprint density at radius 1 is 0.674 bits per heavy atom. The normalized spacial score (nSPS) is 36.2. The Morgan fingerprint density at radius 2 is 1.21 bits per heavy atom. The molecule has 3 aliphatic rings. The van der Waals surface area contributed by atoms with E-state index in [4.69, 9.17) is 14.2 Å². The second-order valence-corrected chi connectivity index (χ2v) is 10.7. The largest absolute Gasteiger partial charge is 0.507 e. The van der Waals surface area contributed by atoms with Crippen LogP contribution in [0, 0.1) is 0 Å². The second-order valence-electron chi connectivity index (χ2n) is 10.7.